The zero-order valence-corrected chi connectivity index (χ0v) is 9.76. The van der Waals surface area contributed by atoms with Gasteiger partial charge in [0.1, 0.15) is 5.78 Å². The van der Waals surface area contributed by atoms with Gasteiger partial charge < -0.3 is 10.2 Å². The van der Waals surface area contributed by atoms with E-state index in [1.54, 1.807) is 12.1 Å². The van der Waals surface area contributed by atoms with Crippen LogP contribution in [-0.2, 0) is 17.6 Å². The van der Waals surface area contributed by atoms with Gasteiger partial charge in [0.15, 0.2) is 0 Å². The van der Waals surface area contributed by atoms with Crippen LogP contribution in [0.1, 0.15) is 17.5 Å². The summed E-state index contributed by atoms with van der Waals surface area (Å²) in [5.41, 5.74) is 1.94. The second-order valence-electron chi connectivity index (χ2n) is 4.49. The maximum atomic E-state index is 11.4. The van der Waals surface area contributed by atoms with Crippen LogP contribution in [0.25, 0.3) is 5.69 Å². The summed E-state index contributed by atoms with van der Waals surface area (Å²) >= 11 is 0. The SMILES string of the molecule is O=C1CCc2c(c(O)n(-c3ccccc3)c2O)C1. The lowest BCUT2D eigenvalue weighted by molar-refractivity contribution is -0.118. The second-order valence-corrected chi connectivity index (χ2v) is 4.49. The van der Waals surface area contributed by atoms with Crippen LogP contribution in [0.15, 0.2) is 30.3 Å². The number of aromatic hydroxyl groups is 2. The third kappa shape index (κ3) is 1.49. The van der Waals surface area contributed by atoms with E-state index in [0.717, 1.165) is 0 Å². The first-order valence-electron chi connectivity index (χ1n) is 5.90. The van der Waals surface area contributed by atoms with Gasteiger partial charge in [0.25, 0.3) is 0 Å². The van der Waals surface area contributed by atoms with Gasteiger partial charge in [-0.1, -0.05) is 18.2 Å². The Morgan fingerprint density at radius 1 is 0.944 bits per heavy atom. The number of Topliss-reactive ketones (excluding diaryl/α,β-unsaturated/α-hetero) is 1. The summed E-state index contributed by atoms with van der Waals surface area (Å²) in [6, 6.07) is 9.13. The monoisotopic (exact) mass is 243 g/mol. The molecule has 2 N–H and O–H groups in total. The molecule has 0 saturated heterocycles. The molecule has 1 aliphatic rings. The minimum atomic E-state index is -0.0262. The highest BCUT2D eigenvalue weighted by molar-refractivity contribution is 5.84. The van der Waals surface area contributed by atoms with Crippen molar-refractivity contribution in [1.29, 1.82) is 0 Å². The van der Waals surface area contributed by atoms with E-state index in [4.69, 9.17) is 0 Å². The van der Waals surface area contributed by atoms with Crippen molar-refractivity contribution >= 4 is 5.78 Å². The molecule has 0 bridgehead atoms. The van der Waals surface area contributed by atoms with Crippen LogP contribution in [-0.4, -0.2) is 20.6 Å². The fourth-order valence-electron chi connectivity index (χ4n) is 2.46. The minimum Gasteiger partial charge on any atom is -0.494 e. The van der Waals surface area contributed by atoms with Gasteiger partial charge in [0.05, 0.1) is 5.69 Å². The Bertz CT molecular complexity index is 614. The van der Waals surface area contributed by atoms with Crippen molar-refractivity contribution in [3.63, 3.8) is 0 Å². The number of fused-ring (bicyclic) bond motifs is 1. The lowest BCUT2D eigenvalue weighted by Gasteiger charge is -2.09. The molecule has 0 radical (unpaired) electrons. The summed E-state index contributed by atoms with van der Waals surface area (Å²) in [6.45, 7) is 0. The molecule has 18 heavy (non-hydrogen) atoms. The molecule has 1 heterocycles. The summed E-state index contributed by atoms with van der Waals surface area (Å²) in [6.07, 6.45) is 1.13. The molecule has 0 atom stereocenters. The normalized spacial score (nSPS) is 14.6. The molecule has 1 aromatic carbocycles. The molecular weight excluding hydrogens is 230 g/mol. The van der Waals surface area contributed by atoms with Crippen LogP contribution in [0.4, 0.5) is 0 Å². The summed E-state index contributed by atoms with van der Waals surface area (Å²) in [7, 11) is 0. The fourth-order valence-corrected chi connectivity index (χ4v) is 2.46. The van der Waals surface area contributed by atoms with Crippen LogP contribution < -0.4 is 0 Å². The van der Waals surface area contributed by atoms with Crippen LogP contribution >= 0.6 is 0 Å². The molecule has 0 amide bonds. The standard InChI is InChI=1S/C14H13NO3/c16-10-6-7-11-12(8-10)14(18)15(13(11)17)9-4-2-1-3-5-9/h1-5,17-18H,6-8H2. The number of carbonyl (C=O) groups is 1. The average molecular weight is 243 g/mol. The Kier molecular flexibility index (Phi) is 2.37. The zero-order valence-electron chi connectivity index (χ0n) is 9.76. The third-order valence-electron chi connectivity index (χ3n) is 3.37. The van der Waals surface area contributed by atoms with Crippen molar-refractivity contribution < 1.29 is 15.0 Å². The quantitative estimate of drug-likeness (QED) is 0.804. The number of carbonyl (C=O) groups excluding carboxylic acids is 1. The summed E-state index contributed by atoms with van der Waals surface area (Å²) in [4.78, 5) is 11.4. The van der Waals surface area contributed by atoms with E-state index in [2.05, 4.69) is 0 Å². The summed E-state index contributed by atoms with van der Waals surface area (Å²) < 4.78 is 1.39. The van der Waals surface area contributed by atoms with Crippen molar-refractivity contribution in [2.45, 2.75) is 19.3 Å². The maximum absolute atomic E-state index is 11.4. The van der Waals surface area contributed by atoms with Crippen molar-refractivity contribution in [1.82, 2.24) is 4.57 Å². The van der Waals surface area contributed by atoms with Gasteiger partial charge in [0, 0.05) is 24.0 Å². The molecule has 0 unspecified atom stereocenters. The number of rotatable bonds is 1. The summed E-state index contributed by atoms with van der Waals surface area (Å²) in [5, 5.41) is 20.4. The highest BCUT2D eigenvalue weighted by Crippen LogP contribution is 2.39. The Morgan fingerprint density at radius 2 is 1.61 bits per heavy atom. The average Bonchev–Trinajstić information content (AvgIpc) is 2.63. The number of hydrogen-bond acceptors (Lipinski definition) is 3. The van der Waals surface area contributed by atoms with E-state index >= 15 is 0 Å². The van der Waals surface area contributed by atoms with Gasteiger partial charge in [-0.2, -0.15) is 0 Å². The molecule has 2 aromatic rings. The van der Waals surface area contributed by atoms with Gasteiger partial charge in [-0.25, -0.2) is 0 Å². The van der Waals surface area contributed by atoms with Crippen molar-refractivity contribution in [2.75, 3.05) is 0 Å². The predicted molar refractivity (Wildman–Crippen MR) is 66.1 cm³/mol. The highest BCUT2D eigenvalue weighted by Gasteiger charge is 2.28. The topological polar surface area (TPSA) is 62.5 Å². The number of nitrogens with zero attached hydrogens (tertiary/aromatic N) is 1. The number of para-hydroxylation sites is 1. The Balaban J connectivity index is 2.20. The van der Waals surface area contributed by atoms with Gasteiger partial charge >= 0.3 is 0 Å². The highest BCUT2D eigenvalue weighted by atomic mass is 16.3. The van der Waals surface area contributed by atoms with E-state index in [9.17, 15) is 15.0 Å². The van der Waals surface area contributed by atoms with Crippen LogP contribution in [0, 0.1) is 0 Å². The Labute approximate surface area is 104 Å². The maximum Gasteiger partial charge on any atom is 0.202 e. The zero-order chi connectivity index (χ0) is 12.7. The molecular formula is C14H13NO3. The van der Waals surface area contributed by atoms with Crippen LogP contribution in [0.3, 0.4) is 0 Å². The van der Waals surface area contributed by atoms with Gasteiger partial charge in [-0.3, -0.25) is 9.36 Å². The first-order chi connectivity index (χ1) is 8.68. The van der Waals surface area contributed by atoms with Gasteiger partial charge in [-0.15, -0.1) is 0 Å². The Hall–Kier alpha value is -2.23. The van der Waals surface area contributed by atoms with E-state index < -0.39 is 0 Å². The first kappa shape index (κ1) is 10.9. The largest absolute Gasteiger partial charge is 0.494 e. The Morgan fingerprint density at radius 3 is 2.33 bits per heavy atom. The molecule has 0 saturated carbocycles. The minimum absolute atomic E-state index is 0.0262. The first-order valence-corrected chi connectivity index (χ1v) is 5.90. The molecule has 1 aliphatic carbocycles. The van der Waals surface area contributed by atoms with Crippen molar-refractivity contribution in [2.24, 2.45) is 0 Å². The molecule has 0 fully saturated rings. The molecule has 1 aromatic heterocycles. The smallest absolute Gasteiger partial charge is 0.202 e. The molecule has 0 aliphatic heterocycles. The van der Waals surface area contributed by atoms with E-state index in [1.165, 1.54) is 4.57 Å². The van der Waals surface area contributed by atoms with Crippen molar-refractivity contribution in [3.8, 4) is 17.4 Å². The van der Waals surface area contributed by atoms with Crippen LogP contribution in [0.2, 0.25) is 0 Å². The second kappa shape index (κ2) is 3.91. The fraction of sp³-hybridized carbons (Fsp3) is 0.214. The lowest BCUT2D eigenvalue weighted by atomic mass is 9.94. The lowest BCUT2D eigenvalue weighted by Crippen LogP contribution is -2.11. The number of benzene rings is 1. The van der Waals surface area contributed by atoms with Gasteiger partial charge in [-0.05, 0) is 18.6 Å². The van der Waals surface area contributed by atoms with E-state index in [1.807, 2.05) is 18.2 Å². The van der Waals surface area contributed by atoms with Gasteiger partial charge in [0.2, 0.25) is 11.8 Å². The van der Waals surface area contributed by atoms with E-state index in [0.29, 0.717) is 29.7 Å². The number of ketones is 1. The summed E-state index contributed by atoms with van der Waals surface area (Å²) in [5.74, 6) is 0.117. The molecule has 92 valence electrons. The van der Waals surface area contributed by atoms with Crippen molar-refractivity contribution in [3.05, 3.63) is 41.5 Å². The molecule has 4 heteroatoms. The predicted octanol–water partition coefficient (Wildman–Crippen LogP) is 1.95. The van der Waals surface area contributed by atoms with Crippen LogP contribution in [0.5, 0.6) is 11.8 Å². The molecule has 3 rings (SSSR count). The van der Waals surface area contributed by atoms with E-state index in [-0.39, 0.29) is 24.0 Å². The number of aromatic nitrogens is 1. The third-order valence-corrected chi connectivity index (χ3v) is 3.37. The molecule has 0 spiro atoms. The molecule has 4 nitrogen and oxygen atoms in total. The number of hydrogen-bond donors (Lipinski definition) is 2.